The third-order valence-corrected chi connectivity index (χ3v) is 5.12. The number of fused-ring (bicyclic) bond motifs is 1. The van der Waals surface area contributed by atoms with Crippen LogP contribution in [0.25, 0.3) is 0 Å². The number of aliphatic carboxylic acids is 1. The predicted octanol–water partition coefficient (Wildman–Crippen LogP) is 4.04. The number of rotatable bonds is 5. The number of amides is 1. The van der Waals surface area contributed by atoms with Crippen molar-refractivity contribution in [3.05, 3.63) is 42.5 Å². The number of carbonyl (C=O) groups excluding carboxylic acids is 1. The van der Waals surface area contributed by atoms with E-state index in [1.165, 1.54) is 0 Å². The van der Waals surface area contributed by atoms with Gasteiger partial charge in [0.05, 0.1) is 11.8 Å². The van der Waals surface area contributed by atoms with E-state index in [0.717, 1.165) is 12.8 Å². The number of anilines is 1. The fourth-order valence-corrected chi connectivity index (χ4v) is 3.66. The Hall–Kier alpha value is -3.22. The second kappa shape index (κ2) is 7.80. The van der Waals surface area contributed by atoms with Crippen molar-refractivity contribution in [2.45, 2.75) is 25.7 Å². The van der Waals surface area contributed by atoms with Crippen LogP contribution in [0.4, 0.5) is 5.69 Å². The van der Waals surface area contributed by atoms with Crippen LogP contribution in [-0.2, 0) is 9.59 Å². The number of carbonyl (C=O) groups is 2. The molecule has 1 aliphatic carbocycles. The minimum absolute atomic E-state index is 0.205. The normalized spacial score (nSPS) is 20.4. The van der Waals surface area contributed by atoms with Crippen molar-refractivity contribution < 1.29 is 28.9 Å². The maximum Gasteiger partial charge on any atom is 0.307 e. The minimum Gasteiger partial charge on any atom is -0.481 e. The molecule has 1 saturated carbocycles. The van der Waals surface area contributed by atoms with E-state index < -0.39 is 17.8 Å². The van der Waals surface area contributed by atoms with Gasteiger partial charge in [-0.1, -0.05) is 12.8 Å². The summed E-state index contributed by atoms with van der Waals surface area (Å²) in [6.07, 6.45) is 2.89. The average molecular weight is 383 g/mol. The van der Waals surface area contributed by atoms with Crippen LogP contribution in [0.2, 0.25) is 0 Å². The van der Waals surface area contributed by atoms with Crippen LogP contribution < -0.4 is 19.5 Å². The molecule has 146 valence electrons. The Balaban J connectivity index is 1.39. The van der Waals surface area contributed by atoms with Gasteiger partial charge in [-0.3, -0.25) is 9.59 Å². The monoisotopic (exact) mass is 383 g/mol. The van der Waals surface area contributed by atoms with Crippen molar-refractivity contribution in [2.24, 2.45) is 11.8 Å². The van der Waals surface area contributed by atoms with Crippen molar-refractivity contribution >= 4 is 17.6 Å². The maximum absolute atomic E-state index is 12.5. The molecule has 2 aromatic carbocycles. The summed E-state index contributed by atoms with van der Waals surface area (Å²) in [6.45, 7) is 0.205. The molecule has 2 atom stereocenters. The first-order chi connectivity index (χ1) is 13.6. The number of carboxylic acid groups (broad SMARTS) is 1. The molecule has 2 aliphatic rings. The summed E-state index contributed by atoms with van der Waals surface area (Å²) in [5, 5.41) is 12.2. The van der Waals surface area contributed by atoms with Crippen molar-refractivity contribution in [1.82, 2.24) is 0 Å². The summed E-state index contributed by atoms with van der Waals surface area (Å²) < 4.78 is 16.4. The maximum atomic E-state index is 12.5. The summed E-state index contributed by atoms with van der Waals surface area (Å²) in [4.78, 5) is 23.9. The quantitative estimate of drug-likeness (QED) is 0.809. The molecule has 2 N–H and O–H groups in total. The highest BCUT2D eigenvalue weighted by Gasteiger charge is 2.35. The number of carboxylic acids is 1. The molecule has 0 aromatic heterocycles. The number of nitrogens with one attached hydrogen (secondary N) is 1. The van der Waals surface area contributed by atoms with Gasteiger partial charge in [-0.25, -0.2) is 0 Å². The third kappa shape index (κ3) is 3.88. The zero-order chi connectivity index (χ0) is 19.5. The Morgan fingerprint density at radius 3 is 2.36 bits per heavy atom. The van der Waals surface area contributed by atoms with Crippen LogP contribution in [0.5, 0.6) is 23.0 Å². The molecule has 0 bridgehead atoms. The highest BCUT2D eigenvalue weighted by molar-refractivity contribution is 5.95. The number of benzene rings is 2. The van der Waals surface area contributed by atoms with Crippen LogP contribution in [-0.4, -0.2) is 23.8 Å². The lowest BCUT2D eigenvalue weighted by Gasteiger charge is -2.27. The van der Waals surface area contributed by atoms with E-state index in [2.05, 4.69) is 5.32 Å². The zero-order valence-corrected chi connectivity index (χ0v) is 15.2. The SMILES string of the molecule is O=C(O)C1CCCCC1C(=O)Nc1ccc(Oc2ccc3c(c2)OCO3)cc1. The van der Waals surface area contributed by atoms with E-state index in [0.29, 0.717) is 41.5 Å². The van der Waals surface area contributed by atoms with Gasteiger partial charge < -0.3 is 24.6 Å². The molecule has 0 spiro atoms. The Kier molecular flexibility index (Phi) is 5.06. The zero-order valence-electron chi connectivity index (χ0n) is 15.2. The Morgan fingerprint density at radius 1 is 0.929 bits per heavy atom. The first-order valence-corrected chi connectivity index (χ1v) is 9.31. The lowest BCUT2D eigenvalue weighted by molar-refractivity contribution is -0.147. The molecule has 1 aliphatic heterocycles. The molecule has 1 amide bonds. The van der Waals surface area contributed by atoms with Gasteiger partial charge >= 0.3 is 5.97 Å². The van der Waals surface area contributed by atoms with Crippen LogP contribution in [0.3, 0.4) is 0 Å². The van der Waals surface area contributed by atoms with Crippen LogP contribution in [0, 0.1) is 11.8 Å². The third-order valence-electron chi connectivity index (χ3n) is 5.12. The van der Waals surface area contributed by atoms with E-state index in [9.17, 15) is 14.7 Å². The van der Waals surface area contributed by atoms with Crippen LogP contribution in [0.1, 0.15) is 25.7 Å². The van der Waals surface area contributed by atoms with E-state index >= 15 is 0 Å². The summed E-state index contributed by atoms with van der Waals surface area (Å²) in [5.74, 6) is 0.321. The van der Waals surface area contributed by atoms with Crippen molar-refractivity contribution in [3.63, 3.8) is 0 Å². The van der Waals surface area contributed by atoms with Crippen molar-refractivity contribution in [2.75, 3.05) is 12.1 Å². The number of hydrogen-bond donors (Lipinski definition) is 2. The molecular formula is C21H21NO6. The topological polar surface area (TPSA) is 94.1 Å². The summed E-state index contributed by atoms with van der Waals surface area (Å²) in [5.41, 5.74) is 0.609. The summed E-state index contributed by atoms with van der Waals surface area (Å²) >= 11 is 0. The summed E-state index contributed by atoms with van der Waals surface area (Å²) in [7, 11) is 0. The minimum atomic E-state index is -0.896. The molecule has 7 heteroatoms. The molecule has 2 aromatic rings. The first kappa shape index (κ1) is 18.2. The molecule has 28 heavy (non-hydrogen) atoms. The van der Waals surface area contributed by atoms with E-state index in [4.69, 9.17) is 14.2 Å². The Morgan fingerprint density at radius 2 is 1.61 bits per heavy atom. The first-order valence-electron chi connectivity index (χ1n) is 9.31. The Labute approximate surface area is 162 Å². The predicted molar refractivity (Wildman–Crippen MR) is 101 cm³/mol. The number of hydrogen-bond acceptors (Lipinski definition) is 5. The van der Waals surface area contributed by atoms with E-state index in [1.807, 2.05) is 0 Å². The molecule has 1 fully saturated rings. The van der Waals surface area contributed by atoms with Gasteiger partial charge in [-0.2, -0.15) is 0 Å². The van der Waals surface area contributed by atoms with Crippen molar-refractivity contribution in [1.29, 1.82) is 0 Å². The van der Waals surface area contributed by atoms with E-state index in [-0.39, 0.29) is 12.7 Å². The number of ether oxygens (including phenoxy) is 3. The molecule has 4 rings (SSSR count). The van der Waals surface area contributed by atoms with Gasteiger partial charge in [0.1, 0.15) is 11.5 Å². The van der Waals surface area contributed by atoms with Gasteiger partial charge in [-0.05, 0) is 49.2 Å². The fraction of sp³-hybridized carbons (Fsp3) is 0.333. The van der Waals surface area contributed by atoms with E-state index in [1.54, 1.807) is 42.5 Å². The largest absolute Gasteiger partial charge is 0.481 e. The smallest absolute Gasteiger partial charge is 0.307 e. The lowest BCUT2D eigenvalue weighted by Crippen LogP contribution is -2.36. The molecule has 0 saturated heterocycles. The fourth-order valence-electron chi connectivity index (χ4n) is 3.66. The second-order valence-corrected chi connectivity index (χ2v) is 6.97. The van der Waals surface area contributed by atoms with Crippen molar-refractivity contribution in [3.8, 4) is 23.0 Å². The van der Waals surface area contributed by atoms with Crippen LogP contribution >= 0.6 is 0 Å². The molecule has 1 heterocycles. The molecule has 7 nitrogen and oxygen atoms in total. The van der Waals surface area contributed by atoms with Gasteiger partial charge in [0, 0.05) is 11.8 Å². The lowest BCUT2D eigenvalue weighted by atomic mass is 9.78. The highest BCUT2D eigenvalue weighted by Crippen LogP contribution is 2.37. The molecular weight excluding hydrogens is 362 g/mol. The van der Waals surface area contributed by atoms with Gasteiger partial charge in [0.15, 0.2) is 11.5 Å². The highest BCUT2D eigenvalue weighted by atomic mass is 16.7. The van der Waals surface area contributed by atoms with Gasteiger partial charge in [0.2, 0.25) is 12.7 Å². The van der Waals surface area contributed by atoms with Gasteiger partial charge in [0.25, 0.3) is 0 Å². The molecule has 2 unspecified atom stereocenters. The van der Waals surface area contributed by atoms with Crippen LogP contribution in [0.15, 0.2) is 42.5 Å². The Bertz CT molecular complexity index is 879. The van der Waals surface area contributed by atoms with Gasteiger partial charge in [-0.15, -0.1) is 0 Å². The summed E-state index contributed by atoms with van der Waals surface area (Å²) in [6, 6.07) is 12.3. The molecule has 0 radical (unpaired) electrons. The standard InChI is InChI=1S/C21H21NO6/c23-20(16-3-1-2-4-17(16)21(24)25)22-13-5-7-14(8-6-13)28-15-9-10-18-19(11-15)27-12-26-18/h5-11,16-17H,1-4,12H2,(H,22,23)(H,24,25). The average Bonchev–Trinajstić information content (AvgIpc) is 3.17. The second-order valence-electron chi connectivity index (χ2n) is 6.97.